The third kappa shape index (κ3) is 6.21. The van der Waals surface area contributed by atoms with Crippen molar-refractivity contribution in [3.8, 4) is 0 Å². The number of nitrogens with zero attached hydrogens (tertiary/aromatic N) is 4. The summed E-state index contributed by atoms with van der Waals surface area (Å²) in [4.78, 5) is 22.2. The van der Waals surface area contributed by atoms with Gasteiger partial charge in [0.1, 0.15) is 5.82 Å². The van der Waals surface area contributed by atoms with Crippen LogP contribution in [0.5, 0.6) is 0 Å². The van der Waals surface area contributed by atoms with Crippen molar-refractivity contribution in [2.24, 2.45) is 0 Å². The van der Waals surface area contributed by atoms with Gasteiger partial charge < -0.3 is 20.7 Å². The largest absolute Gasteiger partial charge is 0.422 e. The van der Waals surface area contributed by atoms with Gasteiger partial charge in [-0.15, -0.1) is 4.73 Å². The zero-order valence-corrected chi connectivity index (χ0v) is 18.7. The number of hydrogen-bond acceptors (Lipinski definition) is 7. The van der Waals surface area contributed by atoms with Gasteiger partial charge in [-0.25, -0.2) is 9.78 Å². The minimum Gasteiger partial charge on any atom is -0.422 e. The van der Waals surface area contributed by atoms with Crippen LogP contribution >= 0.6 is 0 Å². The van der Waals surface area contributed by atoms with Gasteiger partial charge in [0.2, 0.25) is 0 Å². The first-order valence-corrected chi connectivity index (χ1v) is 10.6. The zero-order valence-electron chi connectivity index (χ0n) is 18.7. The Morgan fingerprint density at radius 1 is 1.19 bits per heavy atom. The molecule has 0 amide bonds. The Balaban J connectivity index is 0.00000166. The Labute approximate surface area is 183 Å². The van der Waals surface area contributed by atoms with Crippen LogP contribution in [0.1, 0.15) is 34.1 Å². The number of aromatic nitrogens is 3. The summed E-state index contributed by atoms with van der Waals surface area (Å²) in [6.45, 7) is 14.6. The van der Waals surface area contributed by atoms with Gasteiger partial charge in [0.25, 0.3) is 0 Å². The summed E-state index contributed by atoms with van der Waals surface area (Å²) in [6, 6.07) is 11.4. The van der Waals surface area contributed by atoms with Crippen LogP contribution in [-0.2, 0) is 0 Å². The number of pyridine rings is 1. The van der Waals surface area contributed by atoms with Gasteiger partial charge in [0, 0.05) is 42.9 Å². The predicted molar refractivity (Wildman–Crippen MR) is 127 cm³/mol. The highest BCUT2D eigenvalue weighted by molar-refractivity contribution is 5.88. The van der Waals surface area contributed by atoms with Crippen LogP contribution in [0.2, 0.25) is 0 Å². The van der Waals surface area contributed by atoms with Crippen LogP contribution in [0.3, 0.4) is 0 Å². The van der Waals surface area contributed by atoms with E-state index in [0.717, 1.165) is 43.1 Å². The molecule has 0 unspecified atom stereocenters. The molecule has 0 fully saturated rings. The first-order chi connectivity index (χ1) is 15.0. The van der Waals surface area contributed by atoms with E-state index in [0.29, 0.717) is 15.9 Å². The van der Waals surface area contributed by atoms with Crippen molar-refractivity contribution in [3.05, 3.63) is 65.4 Å². The number of anilines is 3. The molecule has 166 valence electrons. The molecule has 3 N–H and O–H groups in total. The van der Waals surface area contributed by atoms with Gasteiger partial charge in [-0.2, -0.15) is 4.98 Å². The molecule has 0 aliphatic carbocycles. The van der Waals surface area contributed by atoms with Crippen LogP contribution in [0.4, 0.5) is 17.2 Å². The van der Waals surface area contributed by atoms with Crippen molar-refractivity contribution in [1.29, 1.82) is 0 Å². The van der Waals surface area contributed by atoms with E-state index in [2.05, 4.69) is 39.0 Å². The van der Waals surface area contributed by atoms with Crippen LogP contribution in [-0.4, -0.2) is 39.5 Å². The molecule has 8 nitrogen and oxygen atoms in total. The van der Waals surface area contributed by atoms with Crippen LogP contribution < -0.4 is 21.2 Å². The third-order valence-corrected chi connectivity index (χ3v) is 4.43. The lowest BCUT2D eigenvalue weighted by Gasteiger charge is -2.25. The van der Waals surface area contributed by atoms with E-state index in [1.54, 1.807) is 12.1 Å². The van der Waals surface area contributed by atoms with E-state index in [9.17, 15) is 10.0 Å². The van der Waals surface area contributed by atoms with Crippen LogP contribution in [0.25, 0.3) is 11.0 Å². The van der Waals surface area contributed by atoms with Crippen molar-refractivity contribution < 1.29 is 5.21 Å². The van der Waals surface area contributed by atoms with Gasteiger partial charge in [-0.05, 0) is 49.7 Å². The Hall–Kier alpha value is -3.55. The molecule has 2 aromatic heterocycles. The topological polar surface area (TPSA) is 95.3 Å². The first-order valence-electron chi connectivity index (χ1n) is 10.6. The highest BCUT2D eigenvalue weighted by atomic mass is 16.5. The molecule has 0 aliphatic heterocycles. The second-order valence-corrected chi connectivity index (χ2v) is 6.80. The maximum Gasteiger partial charge on any atom is 0.384 e. The van der Waals surface area contributed by atoms with E-state index in [4.69, 9.17) is 0 Å². The summed E-state index contributed by atoms with van der Waals surface area (Å²) in [6.07, 6.45) is 2.56. The number of rotatable bonds is 9. The lowest BCUT2D eigenvalue weighted by atomic mass is 10.2. The second kappa shape index (κ2) is 11.6. The summed E-state index contributed by atoms with van der Waals surface area (Å²) >= 11 is 0. The highest BCUT2D eigenvalue weighted by Crippen LogP contribution is 2.24. The van der Waals surface area contributed by atoms with E-state index in [1.165, 1.54) is 6.20 Å². The van der Waals surface area contributed by atoms with Gasteiger partial charge in [-0.1, -0.05) is 27.4 Å². The standard InChI is InChI=1S/C21H26N6O2.C2H6/c1-4-13-26(14-12-22-15(2)3)17-9-7-16(8-10-17)24-19-18-6-5-11-23-20(18)27(29)21(28)25-19;1-2/h5-11,22,29H,2,4,12-14H2,1,3H3,(H,24,25,28);1-2H3. The predicted octanol–water partition coefficient (Wildman–Crippen LogP) is 4.14. The van der Waals surface area contributed by atoms with Gasteiger partial charge in [-0.3, -0.25) is 0 Å². The summed E-state index contributed by atoms with van der Waals surface area (Å²) in [5.41, 5.74) is 2.24. The normalized spacial score (nSPS) is 10.2. The van der Waals surface area contributed by atoms with Crippen molar-refractivity contribution in [2.75, 3.05) is 29.9 Å². The molecule has 0 aliphatic rings. The lowest BCUT2D eigenvalue weighted by molar-refractivity contribution is 0.182. The molecule has 0 spiro atoms. The minimum atomic E-state index is -0.783. The van der Waals surface area contributed by atoms with Crippen molar-refractivity contribution >= 4 is 28.2 Å². The molecule has 3 rings (SSSR count). The Bertz CT molecular complexity index is 1050. The summed E-state index contributed by atoms with van der Waals surface area (Å²) in [7, 11) is 0. The van der Waals surface area contributed by atoms with Crippen LogP contribution in [0.15, 0.2) is 59.7 Å². The van der Waals surface area contributed by atoms with E-state index in [-0.39, 0.29) is 5.65 Å². The summed E-state index contributed by atoms with van der Waals surface area (Å²) < 4.78 is 0.450. The van der Waals surface area contributed by atoms with E-state index >= 15 is 0 Å². The molecule has 0 radical (unpaired) electrons. The molecule has 0 bridgehead atoms. The number of benzene rings is 1. The van der Waals surface area contributed by atoms with Crippen molar-refractivity contribution in [2.45, 2.75) is 34.1 Å². The Morgan fingerprint density at radius 3 is 2.55 bits per heavy atom. The first kappa shape index (κ1) is 23.7. The fourth-order valence-electron chi connectivity index (χ4n) is 3.08. The SMILES string of the molecule is C=C(C)NCCN(CCC)c1ccc(Nc2nc(=O)n(O)c3ncccc23)cc1.CC. The number of hydrogen-bond donors (Lipinski definition) is 3. The molecule has 8 heteroatoms. The highest BCUT2D eigenvalue weighted by Gasteiger charge is 2.11. The molecule has 0 saturated carbocycles. The molecule has 0 atom stereocenters. The maximum atomic E-state index is 11.9. The number of allylic oxidation sites excluding steroid dienone is 1. The Morgan fingerprint density at radius 2 is 1.90 bits per heavy atom. The van der Waals surface area contributed by atoms with Gasteiger partial charge in [0.15, 0.2) is 5.65 Å². The third-order valence-electron chi connectivity index (χ3n) is 4.43. The lowest BCUT2D eigenvalue weighted by Crippen LogP contribution is -2.32. The average Bonchev–Trinajstić information content (AvgIpc) is 2.78. The molecular formula is C23H32N6O2. The zero-order chi connectivity index (χ0) is 22.8. The van der Waals surface area contributed by atoms with Crippen LogP contribution in [0, 0.1) is 0 Å². The van der Waals surface area contributed by atoms with E-state index in [1.807, 2.05) is 45.0 Å². The fraction of sp³-hybridized carbons (Fsp3) is 0.348. The van der Waals surface area contributed by atoms with Crippen molar-refractivity contribution in [1.82, 2.24) is 20.0 Å². The second-order valence-electron chi connectivity index (χ2n) is 6.80. The average molecular weight is 425 g/mol. The molecule has 0 saturated heterocycles. The Kier molecular flexibility index (Phi) is 8.87. The fourth-order valence-corrected chi connectivity index (χ4v) is 3.08. The van der Waals surface area contributed by atoms with E-state index < -0.39 is 5.69 Å². The van der Waals surface area contributed by atoms with Gasteiger partial charge >= 0.3 is 5.69 Å². The molecule has 31 heavy (non-hydrogen) atoms. The molecule has 1 aromatic carbocycles. The number of fused-ring (bicyclic) bond motifs is 1. The molecule has 3 aromatic rings. The summed E-state index contributed by atoms with van der Waals surface area (Å²) in [5.74, 6) is 0.354. The summed E-state index contributed by atoms with van der Waals surface area (Å²) in [5, 5.41) is 16.8. The van der Waals surface area contributed by atoms with Crippen molar-refractivity contribution in [3.63, 3.8) is 0 Å². The maximum absolute atomic E-state index is 11.9. The quantitative estimate of drug-likeness (QED) is 0.444. The monoisotopic (exact) mass is 424 g/mol. The smallest absolute Gasteiger partial charge is 0.384 e. The van der Waals surface area contributed by atoms with Gasteiger partial charge in [0.05, 0.1) is 5.39 Å². The number of nitrogens with one attached hydrogen (secondary N) is 2. The molecule has 2 heterocycles. The minimum absolute atomic E-state index is 0.158. The molecular weight excluding hydrogens is 392 g/mol.